The summed E-state index contributed by atoms with van der Waals surface area (Å²) in [6.07, 6.45) is 6.53. The van der Waals surface area contributed by atoms with Crippen LogP contribution < -0.4 is 5.32 Å². The second-order valence-corrected chi connectivity index (χ2v) is 7.09. The standard InChI is InChI=1S/C19H32N2/c1-5-17-8-10-18(11-9-17)14-20-15-19(21(3)4)12-6-7-16(2)13-19/h8-11,16,20H,5-7,12-15H2,1-4H3. The number of rotatable bonds is 6. The predicted molar refractivity (Wildman–Crippen MR) is 91.6 cm³/mol. The van der Waals surface area contributed by atoms with E-state index in [1.807, 2.05) is 0 Å². The van der Waals surface area contributed by atoms with Crippen molar-refractivity contribution in [2.24, 2.45) is 5.92 Å². The zero-order valence-electron chi connectivity index (χ0n) is 14.3. The fourth-order valence-electron chi connectivity index (χ4n) is 3.69. The van der Waals surface area contributed by atoms with Crippen molar-refractivity contribution < 1.29 is 0 Å². The molecule has 1 aliphatic rings. The Morgan fingerprint density at radius 2 is 1.86 bits per heavy atom. The highest BCUT2D eigenvalue weighted by atomic mass is 15.2. The molecule has 118 valence electrons. The Balaban J connectivity index is 1.89. The van der Waals surface area contributed by atoms with E-state index in [4.69, 9.17) is 0 Å². The van der Waals surface area contributed by atoms with Gasteiger partial charge in [-0.2, -0.15) is 0 Å². The van der Waals surface area contributed by atoms with Gasteiger partial charge in [-0.1, -0.05) is 51.0 Å². The number of nitrogens with zero attached hydrogens (tertiary/aromatic N) is 1. The lowest BCUT2D eigenvalue weighted by Gasteiger charge is -2.45. The minimum Gasteiger partial charge on any atom is -0.311 e. The lowest BCUT2D eigenvalue weighted by molar-refractivity contribution is 0.0749. The van der Waals surface area contributed by atoms with Crippen molar-refractivity contribution in [2.75, 3.05) is 20.6 Å². The molecule has 2 rings (SSSR count). The van der Waals surface area contributed by atoms with E-state index in [0.717, 1.165) is 25.4 Å². The maximum absolute atomic E-state index is 3.71. The van der Waals surface area contributed by atoms with Crippen LogP contribution in [0.5, 0.6) is 0 Å². The van der Waals surface area contributed by atoms with E-state index >= 15 is 0 Å². The van der Waals surface area contributed by atoms with Gasteiger partial charge in [0.25, 0.3) is 0 Å². The molecule has 0 saturated heterocycles. The van der Waals surface area contributed by atoms with Crippen molar-refractivity contribution in [3.05, 3.63) is 35.4 Å². The highest BCUT2D eigenvalue weighted by molar-refractivity contribution is 5.22. The van der Waals surface area contributed by atoms with Gasteiger partial charge in [-0.05, 0) is 50.4 Å². The van der Waals surface area contributed by atoms with Crippen LogP contribution in [-0.4, -0.2) is 31.1 Å². The predicted octanol–water partition coefficient (Wildman–Crippen LogP) is 3.85. The van der Waals surface area contributed by atoms with E-state index < -0.39 is 0 Å². The first-order valence-electron chi connectivity index (χ1n) is 8.52. The Morgan fingerprint density at radius 3 is 2.43 bits per heavy atom. The molecule has 0 heterocycles. The topological polar surface area (TPSA) is 15.3 Å². The first-order valence-corrected chi connectivity index (χ1v) is 8.52. The molecule has 2 nitrogen and oxygen atoms in total. The van der Waals surface area contributed by atoms with Gasteiger partial charge in [0.15, 0.2) is 0 Å². The van der Waals surface area contributed by atoms with Crippen molar-refractivity contribution in [2.45, 2.75) is 58.0 Å². The number of hydrogen-bond acceptors (Lipinski definition) is 2. The van der Waals surface area contributed by atoms with Crippen molar-refractivity contribution >= 4 is 0 Å². The number of benzene rings is 1. The molecular weight excluding hydrogens is 256 g/mol. The summed E-state index contributed by atoms with van der Waals surface area (Å²) in [5.74, 6) is 0.854. The summed E-state index contributed by atoms with van der Waals surface area (Å²) in [4.78, 5) is 2.45. The van der Waals surface area contributed by atoms with E-state index in [1.54, 1.807) is 0 Å². The molecule has 21 heavy (non-hydrogen) atoms. The molecule has 2 heteroatoms. The van der Waals surface area contributed by atoms with Crippen molar-refractivity contribution in [3.8, 4) is 0 Å². The van der Waals surface area contributed by atoms with Crippen LogP contribution in [0.25, 0.3) is 0 Å². The quantitative estimate of drug-likeness (QED) is 0.855. The second kappa shape index (κ2) is 7.42. The van der Waals surface area contributed by atoms with Crippen LogP contribution in [0.4, 0.5) is 0 Å². The molecule has 0 spiro atoms. The van der Waals surface area contributed by atoms with E-state index in [-0.39, 0.29) is 0 Å². The third-order valence-electron chi connectivity index (χ3n) is 5.23. The summed E-state index contributed by atoms with van der Waals surface area (Å²) in [6, 6.07) is 9.03. The van der Waals surface area contributed by atoms with Crippen molar-refractivity contribution in [1.29, 1.82) is 0 Å². The summed E-state index contributed by atoms with van der Waals surface area (Å²) < 4.78 is 0. The molecule has 0 aromatic heterocycles. The van der Waals surface area contributed by atoms with Gasteiger partial charge < -0.3 is 10.2 Å². The highest BCUT2D eigenvalue weighted by Crippen LogP contribution is 2.35. The number of nitrogens with one attached hydrogen (secondary N) is 1. The third kappa shape index (κ3) is 4.31. The summed E-state index contributed by atoms with van der Waals surface area (Å²) in [5, 5.41) is 3.71. The first-order chi connectivity index (χ1) is 10.1. The third-order valence-corrected chi connectivity index (χ3v) is 5.23. The minimum atomic E-state index is 0.348. The van der Waals surface area contributed by atoms with Crippen molar-refractivity contribution in [3.63, 3.8) is 0 Å². The highest BCUT2D eigenvalue weighted by Gasteiger charge is 2.36. The van der Waals surface area contributed by atoms with Gasteiger partial charge in [-0.25, -0.2) is 0 Å². The normalized spacial score (nSPS) is 26.2. The van der Waals surface area contributed by atoms with Crippen LogP contribution in [-0.2, 0) is 13.0 Å². The van der Waals surface area contributed by atoms with Gasteiger partial charge in [0, 0.05) is 18.6 Å². The molecule has 1 N–H and O–H groups in total. The van der Waals surface area contributed by atoms with Crippen LogP contribution in [0.1, 0.15) is 50.7 Å². The maximum Gasteiger partial charge on any atom is 0.0330 e. The first kappa shape index (κ1) is 16.5. The van der Waals surface area contributed by atoms with E-state index in [0.29, 0.717) is 5.54 Å². The van der Waals surface area contributed by atoms with E-state index in [9.17, 15) is 0 Å². The van der Waals surface area contributed by atoms with E-state index in [2.05, 4.69) is 62.4 Å². The second-order valence-electron chi connectivity index (χ2n) is 7.09. The summed E-state index contributed by atoms with van der Waals surface area (Å²) in [6.45, 7) is 6.69. The van der Waals surface area contributed by atoms with Crippen LogP contribution in [0.2, 0.25) is 0 Å². The molecule has 0 bridgehead atoms. The summed E-state index contributed by atoms with van der Waals surface area (Å²) >= 11 is 0. The molecule has 1 aromatic carbocycles. The maximum atomic E-state index is 3.71. The fourth-order valence-corrected chi connectivity index (χ4v) is 3.69. The Kier molecular flexibility index (Phi) is 5.83. The SMILES string of the molecule is CCc1ccc(CNCC2(N(C)C)CCCC(C)C2)cc1. The van der Waals surface area contributed by atoms with Crippen LogP contribution >= 0.6 is 0 Å². The van der Waals surface area contributed by atoms with Gasteiger partial charge in [0.2, 0.25) is 0 Å². The average molecular weight is 288 g/mol. The van der Waals surface area contributed by atoms with Gasteiger partial charge >= 0.3 is 0 Å². The molecule has 2 unspecified atom stereocenters. The van der Waals surface area contributed by atoms with Gasteiger partial charge in [-0.3, -0.25) is 0 Å². The zero-order valence-corrected chi connectivity index (χ0v) is 14.3. The Hall–Kier alpha value is -0.860. The van der Waals surface area contributed by atoms with Crippen LogP contribution in [0.15, 0.2) is 24.3 Å². The minimum absolute atomic E-state index is 0.348. The summed E-state index contributed by atoms with van der Waals surface area (Å²) in [5.41, 5.74) is 3.16. The molecule has 0 amide bonds. The molecule has 1 aliphatic carbocycles. The monoisotopic (exact) mass is 288 g/mol. The molecule has 0 radical (unpaired) electrons. The lowest BCUT2D eigenvalue weighted by atomic mass is 9.75. The van der Waals surface area contributed by atoms with Gasteiger partial charge in [-0.15, -0.1) is 0 Å². The molecule has 1 fully saturated rings. The lowest BCUT2D eigenvalue weighted by Crippen LogP contribution is -2.54. The molecule has 0 aliphatic heterocycles. The molecule has 1 saturated carbocycles. The largest absolute Gasteiger partial charge is 0.311 e. The Labute approximate surface area is 130 Å². The van der Waals surface area contributed by atoms with Gasteiger partial charge in [0.1, 0.15) is 0 Å². The summed E-state index contributed by atoms with van der Waals surface area (Å²) in [7, 11) is 4.49. The van der Waals surface area contributed by atoms with Crippen LogP contribution in [0, 0.1) is 5.92 Å². The fraction of sp³-hybridized carbons (Fsp3) is 0.684. The molecular formula is C19H32N2. The number of hydrogen-bond donors (Lipinski definition) is 1. The average Bonchev–Trinajstić information content (AvgIpc) is 2.48. The zero-order chi connectivity index (χ0) is 15.3. The van der Waals surface area contributed by atoms with Crippen LogP contribution in [0.3, 0.4) is 0 Å². The number of aryl methyl sites for hydroxylation is 1. The molecule has 2 atom stereocenters. The van der Waals surface area contributed by atoms with Crippen molar-refractivity contribution in [1.82, 2.24) is 10.2 Å². The Morgan fingerprint density at radius 1 is 1.19 bits per heavy atom. The Bertz CT molecular complexity index is 424. The smallest absolute Gasteiger partial charge is 0.0330 e. The van der Waals surface area contributed by atoms with E-state index in [1.165, 1.54) is 36.8 Å². The number of likely N-dealkylation sites (N-methyl/N-ethyl adjacent to an activating group) is 1. The van der Waals surface area contributed by atoms with Gasteiger partial charge in [0.05, 0.1) is 0 Å². The molecule has 1 aromatic rings.